The molecule has 7 nitrogen and oxygen atoms in total. The molecule has 1 aliphatic rings. The van der Waals surface area contributed by atoms with Gasteiger partial charge in [0.25, 0.3) is 0 Å². The van der Waals surface area contributed by atoms with Crippen molar-refractivity contribution in [2.45, 2.75) is 5.41 Å². The molecule has 7 heterocycles. The highest BCUT2D eigenvalue weighted by molar-refractivity contribution is 6.32. The molecule has 17 aromatic carbocycles. The Labute approximate surface area is 692 Å². The highest BCUT2D eigenvalue weighted by Gasteiger charge is 2.46. The van der Waals surface area contributed by atoms with Crippen LogP contribution in [0.2, 0.25) is 0 Å². The van der Waals surface area contributed by atoms with E-state index in [1.54, 1.807) is 0 Å². The van der Waals surface area contributed by atoms with Gasteiger partial charge in [-0.3, -0.25) is 19.9 Å². The summed E-state index contributed by atoms with van der Waals surface area (Å²) in [6, 6.07) is 147. The molecule has 7 heteroatoms. The first-order chi connectivity index (χ1) is 59.5. The zero-order valence-electron chi connectivity index (χ0n) is 65.3. The molecule has 0 saturated heterocycles. The Kier molecular flexibility index (Phi) is 16.7. The molecule has 0 unspecified atom stereocenters. The standard InChI is InChI=1S/C46H30N2.C36H23N.C31H20N4/c1-3-13-35(14-4-1)46(36-15-5-2-6-16-36)42-18-10-9-17-38(42)39-24-21-34(28-43(39)46)31-19-22-37(23-20-31)48-44-25-26-47-30-41(44)40-27-32-11-7-8-12-33(32)29-45(40)48;1-2-11-25-22-27(21-20-24(25)10-1)26-12-9-13-28(23-26)37-34-19-8-7-18-33(34)35-31-16-5-3-14-29(31)30-15-4-6-17-32(30)36(35)37;1-2-8-22-19-31-26(18-21(22)7-1)27-20-32-14-11-30(27)35(31)25-16-23(28-9-3-5-12-33-28)15-24(17-25)29-10-4-6-13-34-29/h1-30H;1-23H;1-20H. The minimum atomic E-state index is -0.413. The first-order valence-corrected chi connectivity index (χ1v) is 40.9. The van der Waals surface area contributed by atoms with Crippen molar-refractivity contribution in [1.82, 2.24) is 33.6 Å². The molecule has 0 atom stereocenters. The van der Waals surface area contributed by atoms with Crippen molar-refractivity contribution < 1.29 is 0 Å². The van der Waals surface area contributed by atoms with Gasteiger partial charge in [0.2, 0.25) is 0 Å². The Hall–Kier alpha value is -16.0. The fourth-order valence-corrected chi connectivity index (χ4v) is 19.3. The maximum absolute atomic E-state index is 4.63. The lowest BCUT2D eigenvalue weighted by Gasteiger charge is -2.34. The van der Waals surface area contributed by atoms with Crippen molar-refractivity contribution >= 4 is 119 Å². The number of aromatic nitrogens is 7. The number of pyridine rings is 4. The first kappa shape index (κ1) is 69.5. The third kappa shape index (κ3) is 11.5. The summed E-state index contributed by atoms with van der Waals surface area (Å²) in [7, 11) is 0. The van der Waals surface area contributed by atoms with Gasteiger partial charge in [0.15, 0.2) is 0 Å². The maximum atomic E-state index is 4.63. The molecule has 0 N–H and O–H groups in total. The highest BCUT2D eigenvalue weighted by atomic mass is 15.0. The lowest BCUT2D eigenvalue weighted by molar-refractivity contribution is 0.769. The highest BCUT2D eigenvalue weighted by Crippen LogP contribution is 2.57. The van der Waals surface area contributed by atoms with Crippen LogP contribution >= 0.6 is 0 Å². The predicted molar refractivity (Wildman–Crippen MR) is 500 cm³/mol. The van der Waals surface area contributed by atoms with Crippen LogP contribution in [-0.4, -0.2) is 33.6 Å². The van der Waals surface area contributed by atoms with Crippen LogP contribution in [0.25, 0.3) is 192 Å². The molecule has 0 spiro atoms. The molecule has 25 rings (SSSR count). The second kappa shape index (κ2) is 28.8. The molecule has 0 bridgehead atoms. The van der Waals surface area contributed by atoms with Crippen LogP contribution in [0.5, 0.6) is 0 Å². The van der Waals surface area contributed by atoms with Gasteiger partial charge in [-0.05, 0) is 225 Å². The van der Waals surface area contributed by atoms with E-state index >= 15 is 0 Å². The van der Waals surface area contributed by atoms with Gasteiger partial charge in [0.05, 0.1) is 49.9 Å². The SMILES string of the molecule is c1cc(-c2ccc3ccccc3c2)cc(-n2c3ccccc3c3c4ccccc4c4ccccc4c32)c1.c1ccc(-c2cc(-c3ccccn3)cc(-n3c4ccncc4c4cc5ccccc5cc43)c2)nc1.c1ccc(C2(c3ccccc3)c3ccccc3-c3ccc(-c4ccc(-n5c6ccncc6c6cc7ccccc7cc65)cc4)cc32)cc1. The second-order valence-electron chi connectivity index (χ2n) is 31.2. The molecule has 0 saturated carbocycles. The van der Waals surface area contributed by atoms with Gasteiger partial charge in [-0.15, -0.1) is 0 Å². The number of benzene rings is 17. The van der Waals surface area contributed by atoms with Crippen LogP contribution in [0.1, 0.15) is 22.3 Å². The zero-order valence-corrected chi connectivity index (χ0v) is 65.3. The molecule has 560 valence electrons. The quantitative estimate of drug-likeness (QED) is 0.135. The number of para-hydroxylation sites is 1. The van der Waals surface area contributed by atoms with E-state index in [1.165, 1.54) is 159 Å². The number of fused-ring (bicyclic) bond motifs is 20. The van der Waals surface area contributed by atoms with Crippen LogP contribution in [0.3, 0.4) is 0 Å². The van der Waals surface area contributed by atoms with Crippen molar-refractivity contribution in [3.63, 3.8) is 0 Å². The average molecular weight is 1530 g/mol. The van der Waals surface area contributed by atoms with Crippen molar-refractivity contribution in [1.29, 1.82) is 0 Å². The number of rotatable bonds is 9. The van der Waals surface area contributed by atoms with Crippen molar-refractivity contribution in [2.75, 3.05) is 0 Å². The lowest BCUT2D eigenvalue weighted by atomic mass is 9.67. The van der Waals surface area contributed by atoms with E-state index in [-0.39, 0.29) is 0 Å². The first-order valence-electron chi connectivity index (χ1n) is 40.9. The Morgan fingerprint density at radius 2 is 0.667 bits per heavy atom. The maximum Gasteiger partial charge on any atom is 0.0713 e. The van der Waals surface area contributed by atoms with Gasteiger partial charge < -0.3 is 13.7 Å². The van der Waals surface area contributed by atoms with Gasteiger partial charge in [-0.25, -0.2) is 0 Å². The van der Waals surface area contributed by atoms with E-state index in [2.05, 4.69) is 404 Å². The Bertz CT molecular complexity index is 8050. The number of hydrogen-bond acceptors (Lipinski definition) is 4. The molecular weight excluding hydrogens is 1460 g/mol. The summed E-state index contributed by atoms with van der Waals surface area (Å²) in [6.45, 7) is 0. The third-order valence-electron chi connectivity index (χ3n) is 24.6. The van der Waals surface area contributed by atoms with Crippen LogP contribution in [0, 0.1) is 0 Å². The smallest absolute Gasteiger partial charge is 0.0713 e. The van der Waals surface area contributed by atoms with E-state index in [0.717, 1.165) is 55.8 Å². The number of hydrogen-bond donors (Lipinski definition) is 0. The molecule has 120 heavy (non-hydrogen) atoms. The summed E-state index contributed by atoms with van der Waals surface area (Å²) < 4.78 is 7.17. The minimum absolute atomic E-state index is 0.413. The Balaban J connectivity index is 0.000000107. The molecule has 1 aliphatic carbocycles. The van der Waals surface area contributed by atoms with Crippen LogP contribution < -0.4 is 0 Å². The van der Waals surface area contributed by atoms with Crippen molar-refractivity contribution in [3.05, 3.63) is 466 Å². The van der Waals surface area contributed by atoms with E-state index in [0.29, 0.717) is 0 Å². The fraction of sp³-hybridized carbons (Fsp3) is 0.00885. The molecule has 0 radical (unpaired) electrons. The third-order valence-corrected chi connectivity index (χ3v) is 24.6. The van der Waals surface area contributed by atoms with E-state index in [1.807, 2.05) is 73.6 Å². The summed E-state index contributed by atoms with van der Waals surface area (Å²) in [5.74, 6) is 0. The van der Waals surface area contributed by atoms with E-state index < -0.39 is 5.41 Å². The predicted octanol–water partition coefficient (Wildman–Crippen LogP) is 28.7. The van der Waals surface area contributed by atoms with Crippen molar-refractivity contribution in [3.8, 4) is 73.0 Å². The van der Waals surface area contributed by atoms with E-state index in [9.17, 15) is 0 Å². The van der Waals surface area contributed by atoms with Gasteiger partial charge >= 0.3 is 0 Å². The van der Waals surface area contributed by atoms with Crippen LogP contribution in [-0.2, 0) is 5.41 Å². The topological polar surface area (TPSA) is 66.3 Å². The Morgan fingerprint density at radius 3 is 1.28 bits per heavy atom. The molecular formula is C113H73N7. The van der Waals surface area contributed by atoms with E-state index in [4.69, 9.17) is 0 Å². The summed E-state index contributed by atoms with van der Waals surface area (Å²) in [5.41, 5.74) is 26.7. The number of nitrogens with zero attached hydrogens (tertiary/aromatic N) is 7. The molecule has 0 amide bonds. The summed E-state index contributed by atoms with van der Waals surface area (Å²) >= 11 is 0. The van der Waals surface area contributed by atoms with Gasteiger partial charge in [-0.2, -0.15) is 0 Å². The van der Waals surface area contributed by atoms with Gasteiger partial charge in [0, 0.05) is 103 Å². The van der Waals surface area contributed by atoms with Crippen molar-refractivity contribution in [2.24, 2.45) is 0 Å². The molecule has 0 aliphatic heterocycles. The summed E-state index contributed by atoms with van der Waals surface area (Å²) in [5, 5.41) is 19.9. The van der Waals surface area contributed by atoms with Crippen LogP contribution in [0.4, 0.5) is 0 Å². The Morgan fingerprint density at radius 1 is 0.208 bits per heavy atom. The monoisotopic (exact) mass is 1530 g/mol. The molecule has 7 aromatic heterocycles. The minimum Gasteiger partial charge on any atom is -0.309 e. The molecule has 0 fully saturated rings. The molecule has 24 aromatic rings. The van der Waals surface area contributed by atoms with Crippen LogP contribution in [0.15, 0.2) is 444 Å². The lowest BCUT2D eigenvalue weighted by Crippen LogP contribution is -2.28. The fourth-order valence-electron chi connectivity index (χ4n) is 19.3. The summed E-state index contributed by atoms with van der Waals surface area (Å²) in [6.07, 6.45) is 11.4. The van der Waals surface area contributed by atoms with Gasteiger partial charge in [0.1, 0.15) is 0 Å². The summed E-state index contributed by atoms with van der Waals surface area (Å²) in [4.78, 5) is 18.2. The largest absolute Gasteiger partial charge is 0.309 e. The zero-order chi connectivity index (χ0) is 79.2. The normalized spacial score (nSPS) is 12.2. The average Bonchev–Trinajstić information content (AvgIpc) is 1.54. The second-order valence-corrected chi connectivity index (χ2v) is 31.2. The van der Waals surface area contributed by atoms with Gasteiger partial charge in [-0.1, -0.05) is 285 Å².